The Morgan fingerprint density at radius 2 is 1.47 bits per heavy atom. The van der Waals surface area contributed by atoms with Crippen LogP contribution in [0.25, 0.3) is 0 Å². The predicted octanol–water partition coefficient (Wildman–Crippen LogP) is 2.62. The zero-order valence-corrected chi connectivity index (χ0v) is 10.1. The van der Waals surface area contributed by atoms with Gasteiger partial charge in [0.2, 0.25) is 0 Å². The van der Waals surface area contributed by atoms with Crippen molar-refractivity contribution in [3.8, 4) is 0 Å². The Balaban J connectivity index is 2.48. The van der Waals surface area contributed by atoms with Gasteiger partial charge in [-0.25, -0.2) is 8.42 Å². The van der Waals surface area contributed by atoms with E-state index in [2.05, 4.69) is 6.92 Å². The predicted molar refractivity (Wildman–Crippen MR) is 68.7 cm³/mol. The average molecular weight is 245 g/mol. The summed E-state index contributed by atoms with van der Waals surface area (Å²) in [6.45, 7) is 4.05. The minimum absolute atomic E-state index is 0.166. The second kappa shape index (κ2) is 5.15. The molecule has 2 rings (SSSR count). The van der Waals surface area contributed by atoms with E-state index >= 15 is 0 Å². The van der Waals surface area contributed by atoms with Crippen LogP contribution < -0.4 is 0 Å². The molecule has 0 saturated carbocycles. The lowest BCUT2D eigenvalue weighted by Crippen LogP contribution is -2.00. The van der Waals surface area contributed by atoms with Gasteiger partial charge in [0.05, 0.1) is 4.90 Å². The lowest BCUT2D eigenvalue weighted by molar-refractivity contribution is 0.613. The summed E-state index contributed by atoms with van der Waals surface area (Å²) in [5.41, 5.74) is 1.76. The summed E-state index contributed by atoms with van der Waals surface area (Å²) in [6.07, 6.45) is 0. The van der Waals surface area contributed by atoms with Gasteiger partial charge in [-0.1, -0.05) is 48.5 Å². The van der Waals surface area contributed by atoms with Crippen molar-refractivity contribution in [2.24, 2.45) is 0 Å². The van der Waals surface area contributed by atoms with Gasteiger partial charge in [0.25, 0.3) is 0 Å². The summed E-state index contributed by atoms with van der Waals surface area (Å²) < 4.78 is 22.3. The smallest absolute Gasteiger partial charge is 0.168 e. The molecular weight excluding hydrogens is 232 g/mol. The molecule has 0 aliphatic carbocycles. The zero-order valence-electron chi connectivity index (χ0n) is 9.24. The number of rotatable bonds is 3. The summed E-state index contributed by atoms with van der Waals surface area (Å²) >= 11 is 0. The SMILES string of the molecule is [CH2]C(c1ccccc1)c1ccccc1[SH](=O)=O. The Hall–Kier alpha value is -1.61. The second-order valence-electron chi connectivity index (χ2n) is 3.78. The van der Waals surface area contributed by atoms with Gasteiger partial charge >= 0.3 is 0 Å². The molecule has 3 heteroatoms. The van der Waals surface area contributed by atoms with E-state index in [1.165, 1.54) is 0 Å². The fourth-order valence-corrected chi connectivity index (χ4v) is 2.46. The third kappa shape index (κ3) is 2.56. The number of hydrogen-bond donors (Lipinski definition) is 1. The zero-order chi connectivity index (χ0) is 12.3. The highest BCUT2D eigenvalue weighted by molar-refractivity contribution is 7.72. The molecule has 0 aromatic heterocycles. The van der Waals surface area contributed by atoms with Gasteiger partial charge in [-0.05, 0) is 24.1 Å². The van der Waals surface area contributed by atoms with E-state index in [1.54, 1.807) is 12.1 Å². The van der Waals surface area contributed by atoms with Crippen LogP contribution in [0, 0.1) is 6.92 Å². The first-order valence-corrected chi connectivity index (χ1v) is 6.49. The Bertz CT molecular complexity index is 566. The van der Waals surface area contributed by atoms with E-state index in [0.29, 0.717) is 4.90 Å². The maximum atomic E-state index is 11.2. The summed E-state index contributed by atoms with van der Waals surface area (Å²) in [6, 6.07) is 16.7. The molecule has 1 unspecified atom stereocenters. The van der Waals surface area contributed by atoms with Crippen LogP contribution in [0.1, 0.15) is 17.0 Å². The highest BCUT2D eigenvalue weighted by Gasteiger charge is 2.13. The van der Waals surface area contributed by atoms with Crippen molar-refractivity contribution in [3.63, 3.8) is 0 Å². The number of thiol groups is 1. The second-order valence-corrected chi connectivity index (χ2v) is 4.78. The maximum Gasteiger partial charge on any atom is 0.168 e. The quantitative estimate of drug-likeness (QED) is 0.843. The van der Waals surface area contributed by atoms with E-state index in [4.69, 9.17) is 0 Å². The maximum absolute atomic E-state index is 11.2. The topological polar surface area (TPSA) is 34.1 Å². The van der Waals surface area contributed by atoms with E-state index in [0.717, 1.165) is 11.1 Å². The van der Waals surface area contributed by atoms with Crippen LogP contribution in [0.5, 0.6) is 0 Å². The van der Waals surface area contributed by atoms with Crippen molar-refractivity contribution in [2.45, 2.75) is 10.8 Å². The molecule has 0 aliphatic heterocycles. The first-order chi connectivity index (χ1) is 8.20. The molecule has 2 aromatic rings. The van der Waals surface area contributed by atoms with Gasteiger partial charge in [0.1, 0.15) is 0 Å². The summed E-state index contributed by atoms with van der Waals surface area (Å²) in [5, 5.41) is 0. The fourth-order valence-electron chi connectivity index (χ4n) is 1.81. The van der Waals surface area contributed by atoms with Gasteiger partial charge in [-0.15, -0.1) is 0 Å². The van der Waals surface area contributed by atoms with E-state index in [1.807, 2.05) is 42.5 Å². The third-order valence-corrected chi connectivity index (χ3v) is 3.51. The van der Waals surface area contributed by atoms with Crippen molar-refractivity contribution in [2.75, 3.05) is 0 Å². The molecule has 87 valence electrons. The molecule has 0 bridgehead atoms. The van der Waals surface area contributed by atoms with Crippen LogP contribution >= 0.6 is 0 Å². The summed E-state index contributed by atoms with van der Waals surface area (Å²) in [7, 11) is -2.58. The molecule has 2 nitrogen and oxygen atoms in total. The highest BCUT2D eigenvalue weighted by atomic mass is 32.2. The first-order valence-electron chi connectivity index (χ1n) is 5.31. The molecule has 0 spiro atoms. The molecule has 0 fully saturated rings. The largest absolute Gasteiger partial charge is 0.227 e. The Morgan fingerprint density at radius 3 is 2.12 bits per heavy atom. The Morgan fingerprint density at radius 1 is 0.882 bits per heavy atom. The van der Waals surface area contributed by atoms with E-state index < -0.39 is 10.7 Å². The number of benzene rings is 2. The molecule has 0 heterocycles. The van der Waals surface area contributed by atoms with Crippen LogP contribution in [-0.4, -0.2) is 8.42 Å². The van der Waals surface area contributed by atoms with Crippen molar-refractivity contribution in [3.05, 3.63) is 72.6 Å². The van der Waals surface area contributed by atoms with Crippen molar-refractivity contribution >= 4 is 10.7 Å². The summed E-state index contributed by atoms with van der Waals surface area (Å²) in [5.74, 6) is -0.166. The fraction of sp³-hybridized carbons (Fsp3) is 0.0714. The summed E-state index contributed by atoms with van der Waals surface area (Å²) in [4.78, 5) is 0.353. The van der Waals surface area contributed by atoms with Gasteiger partial charge in [-0.2, -0.15) is 0 Å². The molecule has 2 aromatic carbocycles. The first kappa shape index (κ1) is 11.9. The minimum atomic E-state index is -2.58. The lowest BCUT2D eigenvalue weighted by atomic mass is 9.93. The van der Waals surface area contributed by atoms with Gasteiger partial charge in [0, 0.05) is 5.92 Å². The van der Waals surface area contributed by atoms with E-state index in [9.17, 15) is 8.42 Å². The third-order valence-electron chi connectivity index (χ3n) is 2.71. The number of hydrogen-bond acceptors (Lipinski definition) is 2. The standard InChI is InChI=1S/C14H13O2S/c1-11(12-7-3-2-4-8-12)13-9-5-6-10-14(13)17(15)16/h2-11,17H,1H2. The normalized spacial score (nSPS) is 12.6. The van der Waals surface area contributed by atoms with Crippen LogP contribution in [0.15, 0.2) is 59.5 Å². The van der Waals surface area contributed by atoms with Gasteiger partial charge < -0.3 is 0 Å². The molecule has 0 aliphatic rings. The minimum Gasteiger partial charge on any atom is -0.227 e. The molecule has 0 N–H and O–H groups in total. The Labute approximate surface area is 103 Å². The van der Waals surface area contributed by atoms with Crippen molar-refractivity contribution < 1.29 is 8.42 Å². The monoisotopic (exact) mass is 245 g/mol. The highest BCUT2D eigenvalue weighted by Crippen LogP contribution is 2.26. The van der Waals surface area contributed by atoms with Crippen molar-refractivity contribution in [1.29, 1.82) is 0 Å². The molecule has 0 saturated heterocycles. The van der Waals surface area contributed by atoms with E-state index in [-0.39, 0.29) is 5.92 Å². The average Bonchev–Trinajstić information content (AvgIpc) is 2.39. The molecule has 0 amide bonds. The lowest BCUT2D eigenvalue weighted by Gasteiger charge is -2.13. The molecule has 17 heavy (non-hydrogen) atoms. The molecule has 1 atom stereocenters. The van der Waals surface area contributed by atoms with Crippen molar-refractivity contribution in [1.82, 2.24) is 0 Å². The molecule has 1 radical (unpaired) electrons. The van der Waals surface area contributed by atoms with Gasteiger partial charge in [-0.3, -0.25) is 0 Å². The molecular formula is C14H13O2S. The van der Waals surface area contributed by atoms with Crippen LogP contribution in [0.2, 0.25) is 0 Å². The Kier molecular flexibility index (Phi) is 3.59. The van der Waals surface area contributed by atoms with Crippen LogP contribution in [-0.2, 0) is 10.7 Å². The van der Waals surface area contributed by atoms with Crippen LogP contribution in [0.4, 0.5) is 0 Å². The van der Waals surface area contributed by atoms with Crippen LogP contribution in [0.3, 0.4) is 0 Å². The van der Waals surface area contributed by atoms with Gasteiger partial charge in [0.15, 0.2) is 10.7 Å².